The molecule has 2 amide bonds. The van der Waals surface area contributed by atoms with Crippen molar-refractivity contribution < 1.29 is 9.59 Å². The van der Waals surface area contributed by atoms with Crippen molar-refractivity contribution in [1.29, 1.82) is 0 Å². The lowest BCUT2D eigenvalue weighted by atomic mass is 10.1. The van der Waals surface area contributed by atoms with Crippen molar-refractivity contribution in [1.82, 2.24) is 15.3 Å². The Morgan fingerprint density at radius 1 is 1.29 bits per heavy atom. The Hall–Kier alpha value is -2.61. The number of hydrogen-bond acceptors (Lipinski definition) is 6. The average Bonchev–Trinajstić information content (AvgIpc) is 2.60. The van der Waals surface area contributed by atoms with Gasteiger partial charge in [-0.2, -0.15) is 0 Å². The molecule has 1 aromatic heterocycles. The third-order valence-electron chi connectivity index (χ3n) is 3.43. The normalized spacial score (nSPS) is 16.0. The van der Waals surface area contributed by atoms with Gasteiger partial charge in [0.25, 0.3) is 5.91 Å². The second-order valence-electron chi connectivity index (χ2n) is 5.22. The lowest BCUT2D eigenvalue weighted by Gasteiger charge is -2.21. The number of fused-ring (bicyclic) bond motifs is 1. The molecular formula is C16H17N5O2S. The smallest absolute Gasteiger partial charge is 0.251 e. The van der Waals surface area contributed by atoms with E-state index in [0.29, 0.717) is 30.3 Å². The number of carbonyl (C=O) groups is 2. The zero-order valence-electron chi connectivity index (χ0n) is 13.1. The highest BCUT2D eigenvalue weighted by Crippen LogP contribution is 2.35. The van der Waals surface area contributed by atoms with E-state index in [2.05, 4.69) is 25.9 Å². The molecule has 2 heterocycles. The Morgan fingerprint density at radius 3 is 2.88 bits per heavy atom. The first-order valence-corrected chi connectivity index (χ1v) is 8.42. The Balaban J connectivity index is 1.54. The zero-order chi connectivity index (χ0) is 16.9. The summed E-state index contributed by atoms with van der Waals surface area (Å²) in [6.07, 6.45) is 3.29. The van der Waals surface area contributed by atoms with Gasteiger partial charge in [0.1, 0.15) is 0 Å². The first kappa shape index (κ1) is 16.3. The van der Waals surface area contributed by atoms with Crippen molar-refractivity contribution in [2.24, 2.45) is 0 Å². The van der Waals surface area contributed by atoms with E-state index in [4.69, 9.17) is 0 Å². The molecule has 24 heavy (non-hydrogen) atoms. The van der Waals surface area contributed by atoms with E-state index in [9.17, 15) is 9.59 Å². The summed E-state index contributed by atoms with van der Waals surface area (Å²) >= 11 is 1.49. The van der Waals surface area contributed by atoms with E-state index < -0.39 is 0 Å². The minimum absolute atomic E-state index is 0.0443. The van der Waals surface area contributed by atoms with E-state index in [1.807, 2.05) is 13.0 Å². The van der Waals surface area contributed by atoms with Gasteiger partial charge >= 0.3 is 0 Å². The van der Waals surface area contributed by atoms with E-state index in [0.717, 1.165) is 4.90 Å². The summed E-state index contributed by atoms with van der Waals surface area (Å²) in [6.45, 7) is 2.81. The maximum absolute atomic E-state index is 12.2. The fraction of sp³-hybridized carbons (Fsp3) is 0.250. The molecule has 1 aliphatic rings. The van der Waals surface area contributed by atoms with Gasteiger partial charge < -0.3 is 16.0 Å². The predicted molar refractivity (Wildman–Crippen MR) is 93.2 cm³/mol. The second kappa shape index (κ2) is 7.31. The molecule has 0 fully saturated rings. The first-order chi connectivity index (χ1) is 11.6. The molecule has 0 bridgehead atoms. The number of nitrogens with one attached hydrogen (secondary N) is 3. The standard InChI is InChI=1S/C16H17N5O2S/c1-10-14(22)21-12-9-11(3-4-13(12)24-10)15(23)17-7-8-20-16-18-5-2-6-19-16/h2-6,9-10H,7-8H2,1H3,(H,17,23)(H,21,22)(H,18,19,20). The zero-order valence-corrected chi connectivity index (χ0v) is 13.9. The highest BCUT2D eigenvalue weighted by Gasteiger charge is 2.23. The average molecular weight is 343 g/mol. The van der Waals surface area contributed by atoms with Gasteiger partial charge in [-0.1, -0.05) is 0 Å². The molecule has 8 heteroatoms. The van der Waals surface area contributed by atoms with E-state index in [-0.39, 0.29) is 17.1 Å². The van der Waals surface area contributed by atoms with Crippen molar-refractivity contribution in [3.05, 3.63) is 42.2 Å². The number of aromatic nitrogens is 2. The molecule has 2 aromatic rings. The number of hydrogen-bond donors (Lipinski definition) is 3. The maximum atomic E-state index is 12.2. The van der Waals surface area contributed by atoms with Gasteiger partial charge in [0.2, 0.25) is 11.9 Å². The van der Waals surface area contributed by atoms with Gasteiger partial charge in [-0.3, -0.25) is 9.59 Å². The number of nitrogens with zero attached hydrogens (tertiary/aromatic N) is 2. The molecule has 0 aliphatic carbocycles. The van der Waals surface area contributed by atoms with Crippen molar-refractivity contribution in [2.45, 2.75) is 17.1 Å². The summed E-state index contributed by atoms with van der Waals surface area (Å²) in [4.78, 5) is 33.0. The summed E-state index contributed by atoms with van der Waals surface area (Å²) in [5.74, 6) is 0.290. The van der Waals surface area contributed by atoms with Crippen LogP contribution in [-0.2, 0) is 4.79 Å². The minimum atomic E-state index is -0.188. The molecule has 0 spiro atoms. The van der Waals surface area contributed by atoms with Crippen LogP contribution in [0, 0.1) is 0 Å². The van der Waals surface area contributed by atoms with Crippen molar-refractivity contribution in [2.75, 3.05) is 23.7 Å². The van der Waals surface area contributed by atoms with Crippen LogP contribution in [0.25, 0.3) is 0 Å². The molecule has 1 atom stereocenters. The lowest BCUT2D eigenvalue weighted by Crippen LogP contribution is -2.30. The fourth-order valence-electron chi connectivity index (χ4n) is 2.19. The van der Waals surface area contributed by atoms with Crippen LogP contribution in [0.5, 0.6) is 0 Å². The summed E-state index contributed by atoms with van der Waals surface area (Å²) in [5.41, 5.74) is 1.20. The van der Waals surface area contributed by atoms with Crippen LogP contribution < -0.4 is 16.0 Å². The number of carbonyl (C=O) groups excluding carboxylic acids is 2. The Labute approximate surface area is 143 Å². The van der Waals surface area contributed by atoms with Crippen molar-refractivity contribution >= 4 is 35.2 Å². The van der Waals surface area contributed by atoms with Crippen molar-refractivity contribution in [3.8, 4) is 0 Å². The van der Waals surface area contributed by atoms with Crippen LogP contribution in [-0.4, -0.2) is 40.1 Å². The number of anilines is 2. The van der Waals surface area contributed by atoms with Gasteiger partial charge in [-0.25, -0.2) is 9.97 Å². The molecule has 0 radical (unpaired) electrons. The van der Waals surface area contributed by atoms with Gasteiger partial charge in [0, 0.05) is 35.9 Å². The molecule has 1 unspecified atom stereocenters. The molecule has 0 saturated carbocycles. The first-order valence-electron chi connectivity index (χ1n) is 7.54. The Bertz CT molecular complexity index is 753. The highest BCUT2D eigenvalue weighted by atomic mass is 32.2. The van der Waals surface area contributed by atoms with Crippen LogP contribution in [0.3, 0.4) is 0 Å². The van der Waals surface area contributed by atoms with Crippen LogP contribution in [0.15, 0.2) is 41.6 Å². The fourth-order valence-corrected chi connectivity index (χ4v) is 3.12. The molecular weight excluding hydrogens is 326 g/mol. The Kier molecular flexibility index (Phi) is 4.95. The third-order valence-corrected chi connectivity index (χ3v) is 4.61. The van der Waals surface area contributed by atoms with Crippen molar-refractivity contribution in [3.63, 3.8) is 0 Å². The second-order valence-corrected chi connectivity index (χ2v) is 6.60. The minimum Gasteiger partial charge on any atom is -0.352 e. The van der Waals surface area contributed by atoms with Gasteiger partial charge in [-0.15, -0.1) is 11.8 Å². The number of thioether (sulfide) groups is 1. The Morgan fingerprint density at radius 2 is 2.08 bits per heavy atom. The lowest BCUT2D eigenvalue weighted by molar-refractivity contribution is -0.115. The van der Waals surface area contributed by atoms with Crippen LogP contribution in [0.2, 0.25) is 0 Å². The number of rotatable bonds is 5. The van der Waals surface area contributed by atoms with Gasteiger partial charge in [0.05, 0.1) is 10.9 Å². The molecule has 1 aromatic carbocycles. The third kappa shape index (κ3) is 3.83. The number of amides is 2. The quantitative estimate of drug-likeness (QED) is 0.716. The predicted octanol–water partition coefficient (Wildman–Crippen LogP) is 1.75. The SMILES string of the molecule is CC1Sc2ccc(C(=O)NCCNc3ncccn3)cc2NC1=O. The summed E-state index contributed by atoms with van der Waals surface area (Å²) in [6, 6.07) is 7.07. The van der Waals surface area contributed by atoms with Crippen LogP contribution >= 0.6 is 11.8 Å². The van der Waals surface area contributed by atoms with Crippen LogP contribution in [0.4, 0.5) is 11.6 Å². The van der Waals surface area contributed by atoms with Gasteiger partial charge in [0.15, 0.2) is 0 Å². The number of benzene rings is 1. The highest BCUT2D eigenvalue weighted by molar-refractivity contribution is 8.00. The molecule has 3 N–H and O–H groups in total. The summed E-state index contributed by atoms with van der Waals surface area (Å²) in [5, 5.41) is 8.54. The monoisotopic (exact) mass is 343 g/mol. The largest absolute Gasteiger partial charge is 0.352 e. The maximum Gasteiger partial charge on any atom is 0.251 e. The summed E-state index contributed by atoms with van der Waals surface area (Å²) < 4.78 is 0. The van der Waals surface area contributed by atoms with E-state index >= 15 is 0 Å². The molecule has 7 nitrogen and oxygen atoms in total. The molecule has 1 aliphatic heterocycles. The molecule has 3 rings (SSSR count). The van der Waals surface area contributed by atoms with E-state index in [1.165, 1.54) is 11.8 Å². The molecule has 124 valence electrons. The topological polar surface area (TPSA) is 96.0 Å². The molecule has 0 saturated heterocycles. The summed E-state index contributed by atoms with van der Waals surface area (Å²) in [7, 11) is 0. The van der Waals surface area contributed by atoms with Crippen LogP contribution in [0.1, 0.15) is 17.3 Å². The van der Waals surface area contributed by atoms with E-state index in [1.54, 1.807) is 30.6 Å². The van der Waals surface area contributed by atoms with Gasteiger partial charge in [-0.05, 0) is 31.2 Å².